The molecule has 2 N–H and O–H groups in total. The molecule has 0 aliphatic heterocycles. The van der Waals surface area contributed by atoms with Crippen LogP contribution in [0.2, 0.25) is 0 Å². The van der Waals surface area contributed by atoms with Crippen molar-refractivity contribution in [3.8, 4) is 23.0 Å². The first-order valence-corrected chi connectivity index (χ1v) is 11.5. The highest BCUT2D eigenvalue weighted by molar-refractivity contribution is 5.94. The number of hydrogen-bond donors (Lipinski definition) is 2. The van der Waals surface area contributed by atoms with Gasteiger partial charge in [0.2, 0.25) is 0 Å². The molecule has 0 saturated heterocycles. The molecular formula is C25H30N2O12. The van der Waals surface area contributed by atoms with E-state index in [9.17, 15) is 40.0 Å². The van der Waals surface area contributed by atoms with Crippen LogP contribution in [0.25, 0.3) is 0 Å². The normalized spacial score (nSPS) is 11.4. The zero-order chi connectivity index (χ0) is 29.7. The first kappa shape index (κ1) is 30.6. The third kappa shape index (κ3) is 7.69. The predicted octanol–water partition coefficient (Wildman–Crippen LogP) is 4.82. The van der Waals surface area contributed by atoms with Crippen LogP contribution in [0.5, 0.6) is 23.0 Å². The van der Waals surface area contributed by atoms with E-state index in [1.807, 2.05) is 27.7 Å². The summed E-state index contributed by atoms with van der Waals surface area (Å²) in [4.78, 5) is 43.9. The van der Waals surface area contributed by atoms with Crippen molar-refractivity contribution in [1.29, 1.82) is 0 Å². The average molecular weight is 551 g/mol. The molecule has 14 heteroatoms. The molecule has 0 aliphatic rings. The number of ether oxygens (including phenoxy) is 4. The van der Waals surface area contributed by atoms with Gasteiger partial charge in [0, 0.05) is 12.1 Å². The van der Waals surface area contributed by atoms with Crippen LogP contribution in [-0.4, -0.2) is 59.4 Å². The molecule has 212 valence electrons. The summed E-state index contributed by atoms with van der Waals surface area (Å²) in [6.45, 7) is 7.67. The Bertz CT molecular complexity index is 1190. The van der Waals surface area contributed by atoms with Gasteiger partial charge in [-0.2, -0.15) is 0 Å². The number of carboxylic acid groups (broad SMARTS) is 2. The lowest BCUT2D eigenvalue weighted by atomic mass is 9.76. The number of carboxylic acids is 2. The fraction of sp³-hybridized carbons (Fsp3) is 0.440. The van der Waals surface area contributed by atoms with Crippen LogP contribution in [0.4, 0.5) is 11.4 Å². The smallest absolute Gasteiger partial charge is 0.342 e. The Morgan fingerprint density at radius 2 is 1.05 bits per heavy atom. The van der Waals surface area contributed by atoms with Gasteiger partial charge in [-0.25, -0.2) is 9.59 Å². The van der Waals surface area contributed by atoms with Crippen molar-refractivity contribution in [3.05, 3.63) is 55.6 Å². The molecule has 2 aromatic carbocycles. The van der Waals surface area contributed by atoms with Gasteiger partial charge in [-0.15, -0.1) is 0 Å². The number of nitro benzene ring substituents is 2. The number of rotatable bonds is 14. The van der Waals surface area contributed by atoms with E-state index in [4.69, 9.17) is 18.9 Å². The molecule has 0 fully saturated rings. The summed E-state index contributed by atoms with van der Waals surface area (Å²) in [7, 11) is 2.57. The van der Waals surface area contributed by atoms with Crippen LogP contribution in [-0.2, 0) is 0 Å². The Hall–Kier alpha value is -4.62. The van der Waals surface area contributed by atoms with Gasteiger partial charge in [0.05, 0.1) is 49.4 Å². The van der Waals surface area contributed by atoms with Crippen molar-refractivity contribution in [2.24, 2.45) is 10.8 Å². The van der Waals surface area contributed by atoms with E-state index < -0.39 is 55.1 Å². The van der Waals surface area contributed by atoms with Crippen LogP contribution < -0.4 is 18.9 Å². The van der Waals surface area contributed by atoms with E-state index >= 15 is 0 Å². The van der Waals surface area contributed by atoms with Crippen molar-refractivity contribution < 1.29 is 48.6 Å². The standard InChI is InChI=1S/C25H30N2O12/c1-24(2,12-38-20-9-16(26(32)33)14(22(28)29)7-18(20)36-5)11-25(3,4)13-39-21-10-17(27(34)35)15(23(30)31)8-19(21)37-6/h7-10H,11-13H2,1-6H3,(H,28,29)(H,30,31). The van der Waals surface area contributed by atoms with E-state index in [-0.39, 0.29) is 36.2 Å². The molecule has 0 amide bonds. The monoisotopic (exact) mass is 550 g/mol. The van der Waals surface area contributed by atoms with Crippen molar-refractivity contribution in [2.45, 2.75) is 34.1 Å². The fourth-order valence-electron chi connectivity index (χ4n) is 4.23. The summed E-state index contributed by atoms with van der Waals surface area (Å²) in [5, 5.41) is 41.3. The van der Waals surface area contributed by atoms with Gasteiger partial charge >= 0.3 is 11.9 Å². The fourth-order valence-corrected chi connectivity index (χ4v) is 4.23. The maximum absolute atomic E-state index is 11.4. The summed E-state index contributed by atoms with van der Waals surface area (Å²) >= 11 is 0. The highest BCUT2D eigenvalue weighted by atomic mass is 16.6. The minimum Gasteiger partial charge on any atom is -0.493 e. The number of methoxy groups -OCH3 is 2. The molecule has 39 heavy (non-hydrogen) atoms. The summed E-state index contributed by atoms with van der Waals surface area (Å²) in [5.74, 6) is -2.90. The molecular weight excluding hydrogens is 520 g/mol. The van der Waals surface area contributed by atoms with Crippen LogP contribution in [0.1, 0.15) is 54.8 Å². The Kier molecular flexibility index (Phi) is 9.29. The second kappa shape index (κ2) is 11.8. The SMILES string of the molecule is COc1cc(C(=O)O)c([N+](=O)[O-])cc1OCC(C)(C)CC(C)(C)COc1cc([N+](=O)[O-])c(C(=O)O)cc1OC. The van der Waals surface area contributed by atoms with Crippen LogP contribution in [0.15, 0.2) is 24.3 Å². The first-order valence-electron chi connectivity index (χ1n) is 11.5. The first-order chi connectivity index (χ1) is 18.0. The minimum atomic E-state index is -1.48. The van der Waals surface area contributed by atoms with Gasteiger partial charge in [-0.05, 0) is 17.3 Å². The van der Waals surface area contributed by atoms with Crippen LogP contribution in [0, 0.1) is 31.1 Å². The van der Waals surface area contributed by atoms with Crippen molar-refractivity contribution >= 4 is 23.3 Å². The van der Waals surface area contributed by atoms with E-state index in [1.165, 1.54) is 14.2 Å². The number of nitro groups is 2. The summed E-state index contributed by atoms with van der Waals surface area (Å²) < 4.78 is 22.0. The maximum atomic E-state index is 11.4. The van der Waals surface area contributed by atoms with Gasteiger partial charge in [0.25, 0.3) is 11.4 Å². The quantitative estimate of drug-likeness (QED) is 0.240. The number of aromatic carboxylic acids is 2. The largest absolute Gasteiger partial charge is 0.493 e. The summed E-state index contributed by atoms with van der Waals surface area (Å²) in [6.07, 6.45) is 0.481. The highest BCUT2D eigenvalue weighted by Crippen LogP contribution is 2.40. The minimum absolute atomic E-state index is 0.00639. The summed E-state index contributed by atoms with van der Waals surface area (Å²) in [5.41, 5.74) is -3.42. The Labute approximate surface area is 223 Å². The lowest BCUT2D eigenvalue weighted by molar-refractivity contribution is -0.385. The average Bonchev–Trinajstić information content (AvgIpc) is 2.84. The van der Waals surface area contributed by atoms with Gasteiger partial charge in [0.1, 0.15) is 11.1 Å². The lowest BCUT2D eigenvalue weighted by Crippen LogP contribution is -2.32. The van der Waals surface area contributed by atoms with Gasteiger partial charge in [0.15, 0.2) is 23.0 Å². The summed E-state index contributed by atoms with van der Waals surface area (Å²) in [6, 6.07) is 4.07. The second-order valence-electron chi connectivity index (χ2n) is 10.2. The lowest BCUT2D eigenvalue weighted by Gasteiger charge is -2.34. The third-order valence-corrected chi connectivity index (χ3v) is 5.61. The zero-order valence-corrected chi connectivity index (χ0v) is 22.3. The van der Waals surface area contributed by atoms with Crippen LogP contribution >= 0.6 is 0 Å². The van der Waals surface area contributed by atoms with Crippen LogP contribution in [0.3, 0.4) is 0 Å². The van der Waals surface area contributed by atoms with E-state index in [2.05, 4.69) is 0 Å². The molecule has 0 spiro atoms. The molecule has 0 bridgehead atoms. The topological polar surface area (TPSA) is 198 Å². The number of nitrogens with zero attached hydrogens (tertiary/aromatic N) is 2. The predicted molar refractivity (Wildman–Crippen MR) is 136 cm³/mol. The number of carbonyl (C=O) groups is 2. The van der Waals surface area contributed by atoms with E-state index in [1.54, 1.807) is 0 Å². The molecule has 0 unspecified atom stereocenters. The Balaban J connectivity index is 2.21. The maximum Gasteiger partial charge on any atom is 0.342 e. The van der Waals surface area contributed by atoms with E-state index in [0.717, 1.165) is 24.3 Å². The van der Waals surface area contributed by atoms with Gasteiger partial charge in [-0.1, -0.05) is 27.7 Å². The van der Waals surface area contributed by atoms with Gasteiger partial charge < -0.3 is 29.2 Å². The molecule has 0 aromatic heterocycles. The highest BCUT2D eigenvalue weighted by Gasteiger charge is 2.33. The molecule has 14 nitrogen and oxygen atoms in total. The molecule has 0 radical (unpaired) electrons. The molecule has 2 aromatic rings. The van der Waals surface area contributed by atoms with Crippen molar-refractivity contribution in [1.82, 2.24) is 0 Å². The Morgan fingerprint density at radius 1 is 0.718 bits per heavy atom. The van der Waals surface area contributed by atoms with Crippen molar-refractivity contribution in [3.63, 3.8) is 0 Å². The third-order valence-electron chi connectivity index (χ3n) is 5.61. The molecule has 0 aliphatic carbocycles. The molecule has 0 heterocycles. The van der Waals surface area contributed by atoms with Gasteiger partial charge in [-0.3, -0.25) is 20.2 Å². The molecule has 0 atom stereocenters. The molecule has 0 saturated carbocycles. The molecule has 2 rings (SSSR count). The van der Waals surface area contributed by atoms with Crippen molar-refractivity contribution in [2.75, 3.05) is 27.4 Å². The number of benzene rings is 2. The number of hydrogen-bond acceptors (Lipinski definition) is 10. The van der Waals surface area contributed by atoms with E-state index in [0.29, 0.717) is 6.42 Å². The second-order valence-corrected chi connectivity index (χ2v) is 10.2. The zero-order valence-electron chi connectivity index (χ0n) is 22.3. The Morgan fingerprint density at radius 3 is 1.31 bits per heavy atom.